The van der Waals surface area contributed by atoms with Crippen LogP contribution >= 0.6 is 11.3 Å². The van der Waals surface area contributed by atoms with Gasteiger partial charge in [0, 0.05) is 30.1 Å². The molecular formula is C30H41N7O2S. The van der Waals surface area contributed by atoms with Gasteiger partial charge in [0.2, 0.25) is 5.91 Å². The van der Waals surface area contributed by atoms with Crippen molar-refractivity contribution in [2.24, 2.45) is 10.9 Å². The van der Waals surface area contributed by atoms with Gasteiger partial charge >= 0.3 is 0 Å². The first-order valence-corrected chi connectivity index (χ1v) is 15.0. The van der Waals surface area contributed by atoms with Crippen molar-refractivity contribution in [3.05, 3.63) is 40.0 Å². The maximum Gasteiger partial charge on any atom is 0.226 e. The van der Waals surface area contributed by atoms with Crippen LogP contribution in [0.5, 0.6) is 5.75 Å². The number of nitrogens with zero attached hydrogens (tertiary/aromatic N) is 6. The van der Waals surface area contributed by atoms with Crippen LogP contribution in [0, 0.1) is 5.92 Å². The number of carbonyl (C=O) groups excluding carboxylic acids is 1. The first-order valence-electron chi connectivity index (χ1n) is 14.1. The molecule has 0 saturated heterocycles. The Morgan fingerprint density at radius 3 is 2.52 bits per heavy atom. The second-order valence-electron chi connectivity index (χ2n) is 11.3. The number of amides is 1. The summed E-state index contributed by atoms with van der Waals surface area (Å²) >= 11 is 1.70. The molecule has 1 aromatic carbocycles. The number of benzene rings is 1. The summed E-state index contributed by atoms with van der Waals surface area (Å²) in [6, 6.07) is 4.12. The highest BCUT2D eigenvalue weighted by Crippen LogP contribution is 2.42. The number of anilines is 2. The van der Waals surface area contributed by atoms with Crippen LogP contribution in [0.3, 0.4) is 0 Å². The van der Waals surface area contributed by atoms with Crippen molar-refractivity contribution in [2.75, 3.05) is 66.8 Å². The molecule has 0 spiro atoms. The summed E-state index contributed by atoms with van der Waals surface area (Å²) < 4.78 is 5.69. The van der Waals surface area contributed by atoms with Crippen molar-refractivity contribution in [2.45, 2.75) is 38.6 Å². The number of ether oxygens (including phenoxy) is 1. The molecule has 0 unspecified atom stereocenters. The van der Waals surface area contributed by atoms with Crippen LogP contribution in [-0.4, -0.2) is 98.3 Å². The summed E-state index contributed by atoms with van der Waals surface area (Å²) in [6.45, 7) is 4.28. The van der Waals surface area contributed by atoms with E-state index in [9.17, 15) is 4.79 Å². The molecule has 0 radical (unpaired) electrons. The van der Waals surface area contributed by atoms with Crippen LogP contribution in [0.4, 0.5) is 11.5 Å². The molecule has 0 bridgehead atoms. The number of aromatic nitrogens is 2. The number of hydrogen-bond donors (Lipinski definition) is 1. The Labute approximate surface area is 241 Å². The zero-order valence-corrected chi connectivity index (χ0v) is 25.2. The molecule has 10 heteroatoms. The number of fused-ring (bicyclic) bond motifs is 4. The Morgan fingerprint density at radius 1 is 1.07 bits per heavy atom. The Morgan fingerprint density at radius 2 is 1.82 bits per heavy atom. The van der Waals surface area contributed by atoms with Gasteiger partial charge in [0.1, 0.15) is 22.7 Å². The normalized spacial score (nSPS) is 16.0. The number of nitrogens with one attached hydrogen (secondary N) is 1. The molecule has 9 nitrogen and oxygen atoms in total. The fourth-order valence-electron chi connectivity index (χ4n) is 5.69. The molecule has 0 saturated carbocycles. The van der Waals surface area contributed by atoms with Gasteiger partial charge in [-0.25, -0.2) is 9.97 Å². The van der Waals surface area contributed by atoms with E-state index in [4.69, 9.17) is 4.74 Å². The van der Waals surface area contributed by atoms with Gasteiger partial charge in [-0.3, -0.25) is 9.79 Å². The monoisotopic (exact) mass is 563 g/mol. The topological polar surface area (TPSA) is 86.2 Å². The minimum absolute atomic E-state index is 0.0136. The lowest BCUT2D eigenvalue weighted by atomic mass is 9.86. The zero-order chi connectivity index (χ0) is 28.2. The summed E-state index contributed by atoms with van der Waals surface area (Å²) in [5, 5.41) is 4.60. The van der Waals surface area contributed by atoms with Crippen LogP contribution in [0.2, 0.25) is 0 Å². The van der Waals surface area contributed by atoms with Gasteiger partial charge in [-0.15, -0.1) is 11.3 Å². The number of rotatable bonds is 12. The molecule has 40 heavy (non-hydrogen) atoms. The molecule has 1 aliphatic carbocycles. The van der Waals surface area contributed by atoms with E-state index in [1.54, 1.807) is 24.8 Å². The van der Waals surface area contributed by atoms with Crippen molar-refractivity contribution in [3.63, 3.8) is 0 Å². The van der Waals surface area contributed by atoms with Crippen molar-refractivity contribution in [1.29, 1.82) is 0 Å². The molecule has 2 aliphatic rings. The fraction of sp³-hybridized carbons (Fsp3) is 0.533. The molecule has 0 fully saturated rings. The van der Waals surface area contributed by atoms with Gasteiger partial charge < -0.3 is 24.8 Å². The first-order chi connectivity index (χ1) is 19.3. The molecule has 1 aliphatic heterocycles. The predicted octanol–water partition coefficient (Wildman–Crippen LogP) is 4.21. The van der Waals surface area contributed by atoms with E-state index in [0.717, 1.165) is 96.9 Å². The molecule has 3 aromatic rings. The highest BCUT2D eigenvalue weighted by molar-refractivity contribution is 7.19. The lowest BCUT2D eigenvalue weighted by Gasteiger charge is -2.30. The average molecular weight is 564 g/mol. The van der Waals surface area contributed by atoms with Gasteiger partial charge in [0.05, 0.1) is 24.7 Å². The fourth-order valence-corrected chi connectivity index (χ4v) is 6.96. The van der Waals surface area contributed by atoms with Crippen LogP contribution < -0.4 is 10.1 Å². The van der Waals surface area contributed by atoms with Crippen molar-refractivity contribution >= 4 is 45.2 Å². The van der Waals surface area contributed by atoms with Gasteiger partial charge in [-0.1, -0.05) is 0 Å². The number of carbonyl (C=O) groups is 1. The molecule has 5 rings (SSSR count). The van der Waals surface area contributed by atoms with Crippen LogP contribution in [0.15, 0.2) is 23.5 Å². The minimum Gasteiger partial charge on any atom is -0.495 e. The second-order valence-corrected chi connectivity index (χ2v) is 12.4. The maximum absolute atomic E-state index is 13.8. The molecule has 3 heterocycles. The van der Waals surface area contributed by atoms with E-state index in [1.165, 1.54) is 10.4 Å². The van der Waals surface area contributed by atoms with Gasteiger partial charge in [-0.05, 0) is 102 Å². The van der Waals surface area contributed by atoms with Crippen molar-refractivity contribution in [1.82, 2.24) is 24.7 Å². The highest BCUT2D eigenvalue weighted by atomic mass is 32.1. The van der Waals surface area contributed by atoms with E-state index in [1.807, 2.05) is 12.3 Å². The summed E-state index contributed by atoms with van der Waals surface area (Å²) in [5.41, 5.74) is 4.41. The quantitative estimate of drug-likeness (QED) is 0.353. The zero-order valence-electron chi connectivity index (χ0n) is 24.4. The van der Waals surface area contributed by atoms with E-state index < -0.39 is 0 Å². The Balaban J connectivity index is 1.35. The van der Waals surface area contributed by atoms with E-state index >= 15 is 0 Å². The molecule has 214 valence electrons. The summed E-state index contributed by atoms with van der Waals surface area (Å²) in [4.78, 5) is 36.1. The summed E-state index contributed by atoms with van der Waals surface area (Å²) in [5.74, 6) is 1.87. The first kappa shape index (κ1) is 28.4. The largest absolute Gasteiger partial charge is 0.495 e. The van der Waals surface area contributed by atoms with Gasteiger partial charge in [0.15, 0.2) is 0 Å². The number of aliphatic imine (C=N–C) groups is 1. The molecular weight excluding hydrogens is 522 g/mol. The van der Waals surface area contributed by atoms with Gasteiger partial charge in [-0.2, -0.15) is 0 Å². The van der Waals surface area contributed by atoms with E-state index in [-0.39, 0.29) is 5.92 Å². The smallest absolute Gasteiger partial charge is 0.226 e. The third-order valence-corrected chi connectivity index (χ3v) is 8.94. The Kier molecular flexibility index (Phi) is 8.97. The second kappa shape index (κ2) is 12.6. The maximum atomic E-state index is 13.8. The van der Waals surface area contributed by atoms with Crippen LogP contribution in [-0.2, 0) is 24.2 Å². The Hall–Kier alpha value is -3.08. The number of aryl methyl sites for hydroxylation is 1. The molecule has 2 aromatic heterocycles. The Bertz CT molecular complexity index is 1370. The summed E-state index contributed by atoms with van der Waals surface area (Å²) in [7, 11) is 10.0. The molecule has 1 N–H and O–H groups in total. The summed E-state index contributed by atoms with van der Waals surface area (Å²) in [6.07, 6.45) is 7.98. The SMILES string of the molecule is COc1cc2c(cc1Nc1ncnc3sc4c(c13)CC[C@H](C(=O)N(CCCN(C)C)CCCN(C)C)C4)C=NC2. The van der Waals surface area contributed by atoms with Crippen LogP contribution in [0.25, 0.3) is 10.2 Å². The third-order valence-electron chi connectivity index (χ3n) is 7.78. The standard InChI is InChI=1S/C30H41N7O2S/c1-35(2)10-6-12-37(13-7-11-36(3)4)30(38)20-8-9-23-26(16-20)40-29-27(23)28(32-19-33-29)34-24-14-21-17-31-18-22(21)15-25(24)39-5/h14-15,17,19-20H,6-13,16,18H2,1-5H3,(H,32,33,34)/t20-/m0/s1. The minimum atomic E-state index is 0.0136. The number of methoxy groups -OCH3 is 1. The lowest BCUT2D eigenvalue weighted by molar-refractivity contribution is -0.136. The number of thiophene rings is 1. The highest BCUT2D eigenvalue weighted by Gasteiger charge is 2.31. The van der Waals surface area contributed by atoms with Gasteiger partial charge in [0.25, 0.3) is 0 Å². The van der Waals surface area contributed by atoms with Crippen molar-refractivity contribution < 1.29 is 9.53 Å². The molecule has 1 amide bonds. The van der Waals surface area contributed by atoms with Crippen molar-refractivity contribution in [3.8, 4) is 5.75 Å². The molecule has 1 atom stereocenters. The number of hydrogen-bond acceptors (Lipinski definition) is 9. The van der Waals surface area contributed by atoms with E-state index in [0.29, 0.717) is 12.5 Å². The third kappa shape index (κ3) is 6.29. The lowest BCUT2D eigenvalue weighted by Crippen LogP contribution is -2.40. The predicted molar refractivity (Wildman–Crippen MR) is 163 cm³/mol. The van der Waals surface area contributed by atoms with Crippen LogP contribution in [0.1, 0.15) is 40.8 Å². The van der Waals surface area contributed by atoms with E-state index in [2.05, 4.69) is 69.2 Å². The average Bonchev–Trinajstić information content (AvgIpc) is 3.54.